The summed E-state index contributed by atoms with van der Waals surface area (Å²) in [6.07, 6.45) is 0. The van der Waals surface area contributed by atoms with Crippen molar-refractivity contribution in [3.05, 3.63) is 70.3 Å². The van der Waals surface area contributed by atoms with Crippen LogP contribution in [0.3, 0.4) is 0 Å². The second-order valence-electron chi connectivity index (χ2n) is 5.20. The third-order valence-electron chi connectivity index (χ3n) is 3.37. The standard InChI is InChI=1S/C18H14FNO3S/c1-11(21)20-13-6-7-14-12(8-18(22)23-16(14)9-13)10-24-17-5-3-2-4-15(17)19/h2-9H,10H2,1H3,(H,20,21). The number of amides is 1. The van der Waals surface area contributed by atoms with Crippen LogP contribution in [0.4, 0.5) is 10.1 Å². The normalized spacial score (nSPS) is 10.8. The molecule has 0 saturated carbocycles. The second-order valence-corrected chi connectivity index (χ2v) is 6.22. The first-order chi connectivity index (χ1) is 11.5. The summed E-state index contributed by atoms with van der Waals surface area (Å²) in [4.78, 5) is 23.4. The lowest BCUT2D eigenvalue weighted by Crippen LogP contribution is -2.06. The van der Waals surface area contributed by atoms with Crippen molar-refractivity contribution in [3.63, 3.8) is 0 Å². The number of anilines is 1. The fourth-order valence-electron chi connectivity index (χ4n) is 2.35. The van der Waals surface area contributed by atoms with Crippen LogP contribution < -0.4 is 10.9 Å². The SMILES string of the molecule is CC(=O)Nc1ccc2c(CSc3ccccc3F)cc(=O)oc2c1. The van der Waals surface area contributed by atoms with Gasteiger partial charge in [-0.15, -0.1) is 11.8 Å². The first kappa shape index (κ1) is 16.3. The van der Waals surface area contributed by atoms with Gasteiger partial charge in [0.2, 0.25) is 5.91 Å². The molecule has 0 saturated heterocycles. The molecule has 6 heteroatoms. The second kappa shape index (κ2) is 6.88. The summed E-state index contributed by atoms with van der Waals surface area (Å²) >= 11 is 1.31. The van der Waals surface area contributed by atoms with Crippen LogP contribution in [0.5, 0.6) is 0 Å². The third-order valence-corrected chi connectivity index (χ3v) is 4.47. The van der Waals surface area contributed by atoms with Crippen LogP contribution in [0, 0.1) is 5.82 Å². The topological polar surface area (TPSA) is 59.3 Å². The highest BCUT2D eigenvalue weighted by molar-refractivity contribution is 7.98. The van der Waals surface area contributed by atoms with Gasteiger partial charge >= 0.3 is 5.63 Å². The minimum Gasteiger partial charge on any atom is -0.423 e. The van der Waals surface area contributed by atoms with Crippen molar-refractivity contribution < 1.29 is 13.6 Å². The Hall–Kier alpha value is -2.60. The lowest BCUT2D eigenvalue weighted by atomic mass is 10.1. The van der Waals surface area contributed by atoms with Gasteiger partial charge < -0.3 is 9.73 Å². The molecular weight excluding hydrogens is 329 g/mol. The van der Waals surface area contributed by atoms with E-state index in [0.717, 1.165) is 10.9 Å². The highest BCUT2D eigenvalue weighted by atomic mass is 32.2. The largest absolute Gasteiger partial charge is 0.423 e. The van der Waals surface area contributed by atoms with E-state index in [9.17, 15) is 14.0 Å². The van der Waals surface area contributed by atoms with Crippen molar-refractivity contribution in [1.82, 2.24) is 0 Å². The Morgan fingerprint density at radius 3 is 2.75 bits per heavy atom. The number of carbonyl (C=O) groups is 1. The van der Waals surface area contributed by atoms with Gasteiger partial charge in [0.1, 0.15) is 11.4 Å². The first-order valence-electron chi connectivity index (χ1n) is 7.24. The maximum atomic E-state index is 13.7. The molecule has 0 spiro atoms. The van der Waals surface area contributed by atoms with Crippen molar-refractivity contribution in [1.29, 1.82) is 0 Å². The Bertz CT molecular complexity index is 968. The highest BCUT2D eigenvalue weighted by Gasteiger charge is 2.09. The van der Waals surface area contributed by atoms with E-state index >= 15 is 0 Å². The number of hydrogen-bond donors (Lipinski definition) is 1. The minimum atomic E-state index is -0.480. The van der Waals surface area contributed by atoms with E-state index < -0.39 is 5.63 Å². The molecule has 0 fully saturated rings. The van der Waals surface area contributed by atoms with Gasteiger partial charge in [-0.05, 0) is 29.8 Å². The zero-order chi connectivity index (χ0) is 17.1. The molecule has 0 radical (unpaired) electrons. The van der Waals surface area contributed by atoms with Gasteiger partial charge in [0, 0.05) is 40.8 Å². The number of hydrogen-bond acceptors (Lipinski definition) is 4. The van der Waals surface area contributed by atoms with Crippen LogP contribution in [-0.2, 0) is 10.5 Å². The number of fused-ring (bicyclic) bond motifs is 1. The van der Waals surface area contributed by atoms with E-state index in [-0.39, 0.29) is 11.7 Å². The van der Waals surface area contributed by atoms with Gasteiger partial charge in [-0.3, -0.25) is 4.79 Å². The molecule has 0 aliphatic carbocycles. The van der Waals surface area contributed by atoms with E-state index in [2.05, 4.69) is 5.32 Å². The summed E-state index contributed by atoms with van der Waals surface area (Å²) in [6, 6.07) is 13.0. The summed E-state index contributed by atoms with van der Waals surface area (Å²) in [5.74, 6) is -0.0617. The average Bonchev–Trinajstić information content (AvgIpc) is 2.52. The van der Waals surface area contributed by atoms with Gasteiger partial charge in [-0.2, -0.15) is 0 Å². The summed E-state index contributed by atoms with van der Waals surface area (Å²) < 4.78 is 18.9. The molecule has 1 aromatic heterocycles. The number of carbonyl (C=O) groups excluding carboxylic acids is 1. The zero-order valence-electron chi connectivity index (χ0n) is 12.8. The van der Waals surface area contributed by atoms with Crippen molar-refractivity contribution in [2.75, 3.05) is 5.32 Å². The Balaban J connectivity index is 1.94. The maximum Gasteiger partial charge on any atom is 0.336 e. The van der Waals surface area contributed by atoms with Crippen LogP contribution in [0.15, 0.2) is 62.6 Å². The Morgan fingerprint density at radius 1 is 1.21 bits per heavy atom. The molecule has 3 aromatic rings. The number of thioether (sulfide) groups is 1. The summed E-state index contributed by atoms with van der Waals surface area (Å²) in [5.41, 5.74) is 1.21. The third kappa shape index (κ3) is 3.65. The molecule has 4 nitrogen and oxygen atoms in total. The fourth-order valence-corrected chi connectivity index (χ4v) is 3.28. The van der Waals surface area contributed by atoms with Crippen molar-refractivity contribution in [2.24, 2.45) is 0 Å². The molecule has 0 aliphatic heterocycles. The van der Waals surface area contributed by atoms with Crippen molar-refractivity contribution >= 4 is 34.3 Å². The molecule has 122 valence electrons. The average molecular weight is 343 g/mol. The number of halogens is 1. The zero-order valence-corrected chi connectivity index (χ0v) is 13.7. The van der Waals surface area contributed by atoms with E-state index in [1.165, 1.54) is 30.8 Å². The smallest absolute Gasteiger partial charge is 0.336 e. The lowest BCUT2D eigenvalue weighted by Gasteiger charge is -2.08. The molecule has 24 heavy (non-hydrogen) atoms. The Morgan fingerprint density at radius 2 is 2.00 bits per heavy atom. The Labute approximate surface area is 141 Å². The van der Waals surface area contributed by atoms with Gasteiger partial charge in [-0.1, -0.05) is 12.1 Å². The van der Waals surface area contributed by atoms with Gasteiger partial charge in [0.15, 0.2) is 0 Å². The Kier molecular flexibility index (Phi) is 4.66. The molecular formula is C18H14FNO3S. The molecule has 0 unspecified atom stereocenters. The van der Waals surface area contributed by atoms with Crippen molar-refractivity contribution in [2.45, 2.75) is 17.6 Å². The summed E-state index contributed by atoms with van der Waals surface area (Å²) in [5, 5.41) is 3.40. The molecule has 1 heterocycles. The van der Waals surface area contributed by atoms with Crippen LogP contribution in [-0.4, -0.2) is 5.91 Å². The van der Waals surface area contributed by atoms with Crippen LogP contribution in [0.1, 0.15) is 12.5 Å². The molecule has 3 rings (SSSR count). The van der Waals surface area contributed by atoms with E-state index in [0.29, 0.717) is 21.9 Å². The van der Waals surface area contributed by atoms with E-state index in [1.807, 2.05) is 0 Å². The van der Waals surface area contributed by atoms with E-state index in [4.69, 9.17) is 4.42 Å². The lowest BCUT2D eigenvalue weighted by molar-refractivity contribution is -0.114. The van der Waals surface area contributed by atoms with Crippen LogP contribution in [0.25, 0.3) is 11.0 Å². The number of benzene rings is 2. The fraction of sp³-hybridized carbons (Fsp3) is 0.111. The van der Waals surface area contributed by atoms with Gasteiger partial charge in [0.25, 0.3) is 0 Å². The van der Waals surface area contributed by atoms with Crippen molar-refractivity contribution in [3.8, 4) is 0 Å². The maximum absolute atomic E-state index is 13.7. The summed E-state index contributed by atoms with van der Waals surface area (Å²) in [7, 11) is 0. The molecule has 1 amide bonds. The minimum absolute atomic E-state index is 0.206. The van der Waals surface area contributed by atoms with Gasteiger partial charge in [-0.25, -0.2) is 9.18 Å². The van der Waals surface area contributed by atoms with Crippen LogP contribution >= 0.6 is 11.8 Å². The molecule has 2 aromatic carbocycles. The number of rotatable bonds is 4. The molecule has 1 N–H and O–H groups in total. The van der Waals surface area contributed by atoms with Gasteiger partial charge in [0.05, 0.1) is 0 Å². The predicted molar refractivity (Wildman–Crippen MR) is 92.7 cm³/mol. The predicted octanol–water partition coefficient (Wildman–Crippen LogP) is 4.18. The quantitative estimate of drug-likeness (QED) is 0.570. The van der Waals surface area contributed by atoms with Crippen LogP contribution in [0.2, 0.25) is 0 Å². The highest BCUT2D eigenvalue weighted by Crippen LogP contribution is 2.29. The first-order valence-corrected chi connectivity index (χ1v) is 8.23. The molecule has 0 atom stereocenters. The monoisotopic (exact) mass is 343 g/mol. The number of nitrogens with one attached hydrogen (secondary N) is 1. The van der Waals surface area contributed by atoms with E-state index in [1.54, 1.807) is 36.4 Å². The summed E-state index contributed by atoms with van der Waals surface area (Å²) in [6.45, 7) is 1.40. The molecule has 0 bridgehead atoms. The molecule has 0 aliphatic rings.